The van der Waals surface area contributed by atoms with Crippen LogP contribution >= 0.6 is 0 Å². The van der Waals surface area contributed by atoms with Gasteiger partial charge in [0.05, 0.1) is 5.54 Å². The van der Waals surface area contributed by atoms with Crippen molar-refractivity contribution < 1.29 is 4.79 Å². The highest BCUT2D eigenvalue weighted by atomic mass is 16.2. The van der Waals surface area contributed by atoms with Gasteiger partial charge in [0.1, 0.15) is 0 Å². The molecule has 4 nitrogen and oxygen atoms in total. The Balaban J connectivity index is 2.02. The molecule has 1 saturated carbocycles. The van der Waals surface area contributed by atoms with E-state index in [0.29, 0.717) is 12.0 Å². The Bertz CT molecular complexity index is 331. The fraction of sp³-hybridized carbons (Fsp3) is 0.933. The van der Waals surface area contributed by atoms with Crippen LogP contribution in [0.3, 0.4) is 0 Å². The van der Waals surface area contributed by atoms with Gasteiger partial charge in [0.2, 0.25) is 5.91 Å². The van der Waals surface area contributed by atoms with E-state index < -0.39 is 5.54 Å². The van der Waals surface area contributed by atoms with E-state index in [1.165, 1.54) is 12.8 Å². The summed E-state index contributed by atoms with van der Waals surface area (Å²) < 4.78 is 0. The Morgan fingerprint density at radius 2 is 2.05 bits per heavy atom. The topological polar surface area (TPSA) is 49.6 Å². The first-order chi connectivity index (χ1) is 8.92. The van der Waals surface area contributed by atoms with Crippen molar-refractivity contribution >= 4 is 5.91 Å². The molecule has 1 aliphatic carbocycles. The van der Waals surface area contributed by atoms with Gasteiger partial charge in [-0.3, -0.25) is 4.79 Å². The number of hydrogen-bond donors (Lipinski definition) is 1. The standard InChI is InChI=1S/C15H29N3O/c1-12-6-4-8-15(16,10-12)14(19)18-9-5-7-13(11-18)17(2)3/h12-13H,4-11,16H2,1-3H3. The molecular weight excluding hydrogens is 238 g/mol. The molecule has 3 unspecified atom stereocenters. The number of nitrogens with zero attached hydrogens (tertiary/aromatic N) is 2. The van der Waals surface area contributed by atoms with Crippen molar-refractivity contribution in [1.82, 2.24) is 9.80 Å². The molecule has 2 N–H and O–H groups in total. The van der Waals surface area contributed by atoms with Crippen LogP contribution in [-0.2, 0) is 4.79 Å². The van der Waals surface area contributed by atoms with E-state index in [1.807, 2.05) is 4.90 Å². The fourth-order valence-corrected chi connectivity index (χ4v) is 3.66. The van der Waals surface area contributed by atoms with Gasteiger partial charge in [-0.15, -0.1) is 0 Å². The van der Waals surface area contributed by atoms with Crippen LogP contribution in [0.25, 0.3) is 0 Å². The predicted molar refractivity (Wildman–Crippen MR) is 77.8 cm³/mol. The third kappa shape index (κ3) is 3.29. The third-order valence-corrected chi connectivity index (χ3v) is 4.87. The number of hydrogen-bond acceptors (Lipinski definition) is 3. The van der Waals surface area contributed by atoms with Crippen molar-refractivity contribution in [2.75, 3.05) is 27.2 Å². The summed E-state index contributed by atoms with van der Waals surface area (Å²) in [5.41, 5.74) is 5.85. The van der Waals surface area contributed by atoms with Crippen molar-refractivity contribution in [2.24, 2.45) is 11.7 Å². The zero-order valence-electron chi connectivity index (χ0n) is 12.7. The van der Waals surface area contributed by atoms with Gasteiger partial charge in [0, 0.05) is 19.1 Å². The van der Waals surface area contributed by atoms with E-state index in [4.69, 9.17) is 5.73 Å². The summed E-state index contributed by atoms with van der Waals surface area (Å²) in [6, 6.07) is 0.488. The van der Waals surface area contributed by atoms with Gasteiger partial charge in [0.25, 0.3) is 0 Å². The van der Waals surface area contributed by atoms with Gasteiger partial charge in [0.15, 0.2) is 0 Å². The Hall–Kier alpha value is -0.610. The summed E-state index contributed by atoms with van der Waals surface area (Å²) in [4.78, 5) is 17.0. The van der Waals surface area contributed by atoms with Gasteiger partial charge in [-0.05, 0) is 45.7 Å². The van der Waals surface area contributed by atoms with Gasteiger partial charge in [-0.2, -0.15) is 0 Å². The minimum Gasteiger partial charge on any atom is -0.340 e. The summed E-state index contributed by atoms with van der Waals surface area (Å²) in [6.07, 6.45) is 6.31. The Morgan fingerprint density at radius 1 is 1.32 bits per heavy atom. The number of carbonyl (C=O) groups excluding carboxylic acids is 1. The second kappa shape index (κ2) is 5.80. The van der Waals surface area contributed by atoms with Crippen LogP contribution in [0.4, 0.5) is 0 Å². The Morgan fingerprint density at radius 3 is 2.68 bits per heavy atom. The number of likely N-dealkylation sites (N-methyl/N-ethyl adjacent to an activating group) is 1. The van der Waals surface area contributed by atoms with E-state index in [0.717, 1.165) is 38.8 Å². The van der Waals surface area contributed by atoms with E-state index >= 15 is 0 Å². The summed E-state index contributed by atoms with van der Waals surface area (Å²) in [6.45, 7) is 3.95. The minimum absolute atomic E-state index is 0.200. The van der Waals surface area contributed by atoms with E-state index in [9.17, 15) is 4.79 Å². The van der Waals surface area contributed by atoms with Crippen LogP contribution in [0.2, 0.25) is 0 Å². The number of likely N-dealkylation sites (tertiary alicyclic amines) is 1. The number of nitrogens with two attached hydrogens (primary N) is 1. The molecule has 0 aromatic heterocycles. The van der Waals surface area contributed by atoms with Crippen LogP contribution in [0.5, 0.6) is 0 Å². The molecule has 4 heteroatoms. The first-order valence-electron chi connectivity index (χ1n) is 7.67. The minimum atomic E-state index is -0.591. The van der Waals surface area contributed by atoms with Crippen molar-refractivity contribution in [2.45, 2.75) is 57.0 Å². The lowest BCUT2D eigenvalue weighted by Gasteiger charge is -2.43. The molecule has 0 aromatic rings. The lowest BCUT2D eigenvalue weighted by molar-refractivity contribution is -0.140. The molecule has 3 atom stereocenters. The molecule has 0 spiro atoms. The smallest absolute Gasteiger partial charge is 0.242 e. The van der Waals surface area contributed by atoms with Crippen molar-refractivity contribution in [1.29, 1.82) is 0 Å². The third-order valence-electron chi connectivity index (χ3n) is 4.87. The van der Waals surface area contributed by atoms with Gasteiger partial charge < -0.3 is 15.5 Å². The first kappa shape index (κ1) is 14.8. The second-order valence-corrected chi connectivity index (χ2v) is 6.87. The summed E-state index contributed by atoms with van der Waals surface area (Å²) in [5.74, 6) is 0.780. The number of amides is 1. The molecule has 1 aliphatic heterocycles. The van der Waals surface area contributed by atoms with Crippen LogP contribution in [-0.4, -0.2) is 54.5 Å². The molecule has 19 heavy (non-hydrogen) atoms. The lowest BCUT2D eigenvalue weighted by Crippen LogP contribution is -2.60. The predicted octanol–water partition coefficient (Wildman–Crippen LogP) is 1.45. The molecule has 0 bridgehead atoms. The highest BCUT2D eigenvalue weighted by Crippen LogP contribution is 2.32. The van der Waals surface area contributed by atoms with Crippen LogP contribution in [0, 0.1) is 5.92 Å². The molecule has 0 radical (unpaired) electrons. The second-order valence-electron chi connectivity index (χ2n) is 6.87. The van der Waals surface area contributed by atoms with Crippen LogP contribution in [0.15, 0.2) is 0 Å². The number of piperidine rings is 1. The zero-order chi connectivity index (χ0) is 14.0. The summed E-state index contributed by atoms with van der Waals surface area (Å²) in [5, 5.41) is 0. The van der Waals surface area contributed by atoms with E-state index in [1.54, 1.807) is 0 Å². The molecular formula is C15H29N3O. The highest BCUT2D eigenvalue weighted by Gasteiger charge is 2.41. The number of rotatable bonds is 2. The molecule has 1 heterocycles. The maximum atomic E-state index is 12.8. The SMILES string of the molecule is CC1CCCC(N)(C(=O)N2CCCC(N(C)C)C2)C1. The monoisotopic (exact) mass is 267 g/mol. The Kier molecular flexibility index (Phi) is 4.51. The van der Waals surface area contributed by atoms with E-state index in [-0.39, 0.29) is 5.91 Å². The first-order valence-corrected chi connectivity index (χ1v) is 7.67. The average molecular weight is 267 g/mol. The van der Waals surface area contributed by atoms with Crippen LogP contribution in [0.1, 0.15) is 45.4 Å². The largest absolute Gasteiger partial charge is 0.340 e. The maximum absolute atomic E-state index is 12.8. The van der Waals surface area contributed by atoms with Crippen LogP contribution < -0.4 is 5.73 Å². The molecule has 1 saturated heterocycles. The molecule has 2 fully saturated rings. The quantitative estimate of drug-likeness (QED) is 0.824. The average Bonchev–Trinajstić information content (AvgIpc) is 2.37. The molecule has 2 rings (SSSR count). The van der Waals surface area contributed by atoms with Crippen molar-refractivity contribution in [3.63, 3.8) is 0 Å². The zero-order valence-corrected chi connectivity index (χ0v) is 12.7. The fourth-order valence-electron chi connectivity index (χ4n) is 3.66. The molecule has 2 aliphatic rings. The molecule has 110 valence electrons. The van der Waals surface area contributed by atoms with Crippen molar-refractivity contribution in [3.8, 4) is 0 Å². The summed E-state index contributed by atoms with van der Waals surface area (Å²) in [7, 11) is 4.19. The highest BCUT2D eigenvalue weighted by molar-refractivity contribution is 5.86. The summed E-state index contributed by atoms with van der Waals surface area (Å²) >= 11 is 0. The molecule has 0 aromatic carbocycles. The number of carbonyl (C=O) groups is 1. The maximum Gasteiger partial charge on any atom is 0.242 e. The van der Waals surface area contributed by atoms with Gasteiger partial charge in [-0.25, -0.2) is 0 Å². The molecule has 1 amide bonds. The normalized spacial score (nSPS) is 36.6. The van der Waals surface area contributed by atoms with Gasteiger partial charge >= 0.3 is 0 Å². The lowest BCUT2D eigenvalue weighted by atomic mass is 9.76. The van der Waals surface area contributed by atoms with E-state index in [2.05, 4.69) is 25.9 Å². The van der Waals surface area contributed by atoms with Crippen molar-refractivity contribution in [3.05, 3.63) is 0 Å². The van der Waals surface area contributed by atoms with Gasteiger partial charge in [-0.1, -0.05) is 19.8 Å². The Labute approximate surface area is 117 Å².